The Hall–Kier alpha value is -3.14. The number of hydrogen-bond donors (Lipinski definition) is 0. The summed E-state index contributed by atoms with van der Waals surface area (Å²) in [5.41, 5.74) is 3.61. The van der Waals surface area contributed by atoms with Crippen molar-refractivity contribution in [3.8, 4) is 22.5 Å². The highest BCUT2D eigenvalue weighted by atomic mass is 16.3. The van der Waals surface area contributed by atoms with Crippen LogP contribution in [0, 0.1) is 0 Å². The van der Waals surface area contributed by atoms with Gasteiger partial charge in [-0.2, -0.15) is 0 Å². The summed E-state index contributed by atoms with van der Waals surface area (Å²) >= 11 is 0. The molecule has 4 nitrogen and oxygen atoms in total. The minimum absolute atomic E-state index is 0.0408. The van der Waals surface area contributed by atoms with Gasteiger partial charge in [0, 0.05) is 53.8 Å². The van der Waals surface area contributed by atoms with E-state index in [2.05, 4.69) is 4.98 Å². The second kappa shape index (κ2) is 5.25. The van der Waals surface area contributed by atoms with E-state index in [4.69, 9.17) is 4.42 Å². The van der Waals surface area contributed by atoms with Gasteiger partial charge in [-0.05, 0) is 12.1 Å². The van der Waals surface area contributed by atoms with E-state index in [0.29, 0.717) is 0 Å². The van der Waals surface area contributed by atoms with Crippen molar-refractivity contribution >= 4 is 11.0 Å². The zero-order valence-electron chi connectivity index (χ0n) is 12.6. The van der Waals surface area contributed by atoms with Crippen molar-refractivity contribution in [1.29, 1.82) is 0 Å². The van der Waals surface area contributed by atoms with Gasteiger partial charge in [-0.25, -0.2) is 0 Å². The molecular formula is C19H14N2O2. The number of aryl methyl sites for hydroxylation is 1. The van der Waals surface area contributed by atoms with Gasteiger partial charge in [0.15, 0.2) is 0 Å². The third-order valence-electron chi connectivity index (χ3n) is 3.90. The highest BCUT2D eigenvalue weighted by Gasteiger charge is 2.18. The maximum absolute atomic E-state index is 11.7. The van der Waals surface area contributed by atoms with Crippen molar-refractivity contribution in [3.05, 3.63) is 77.5 Å². The molecule has 0 saturated carbocycles. The van der Waals surface area contributed by atoms with Gasteiger partial charge in [0.25, 0.3) is 0 Å². The minimum Gasteiger partial charge on any atom is -0.455 e. The van der Waals surface area contributed by atoms with Crippen LogP contribution in [0.3, 0.4) is 0 Å². The third kappa shape index (κ3) is 2.25. The number of hydrogen-bond acceptors (Lipinski definition) is 3. The van der Waals surface area contributed by atoms with E-state index >= 15 is 0 Å². The van der Waals surface area contributed by atoms with E-state index in [1.165, 1.54) is 0 Å². The standard InChI is InChI=1S/C19H14N2O2/c1-21-12-14(7-8-17(21)22)18-15-11-20-10-9-16(15)23-19(18)13-5-3-2-4-6-13/h2-12H,1H3. The molecule has 0 aliphatic rings. The molecule has 0 fully saturated rings. The van der Waals surface area contributed by atoms with Gasteiger partial charge in [0.05, 0.1) is 0 Å². The van der Waals surface area contributed by atoms with E-state index in [0.717, 1.165) is 33.4 Å². The smallest absolute Gasteiger partial charge is 0.250 e. The Kier molecular flexibility index (Phi) is 3.08. The highest BCUT2D eigenvalue weighted by molar-refractivity contribution is 6.01. The Morgan fingerprint density at radius 2 is 1.83 bits per heavy atom. The lowest BCUT2D eigenvalue weighted by molar-refractivity contribution is 0.632. The van der Waals surface area contributed by atoms with Gasteiger partial charge in [-0.3, -0.25) is 9.78 Å². The van der Waals surface area contributed by atoms with E-state index in [-0.39, 0.29) is 5.56 Å². The zero-order chi connectivity index (χ0) is 15.8. The van der Waals surface area contributed by atoms with Gasteiger partial charge in [-0.1, -0.05) is 30.3 Å². The first-order chi connectivity index (χ1) is 11.2. The average Bonchev–Trinajstić information content (AvgIpc) is 2.98. The van der Waals surface area contributed by atoms with Crippen LogP contribution in [0.25, 0.3) is 33.4 Å². The van der Waals surface area contributed by atoms with Gasteiger partial charge >= 0.3 is 0 Å². The molecule has 3 aromatic heterocycles. The maximum atomic E-state index is 11.7. The second-order valence-electron chi connectivity index (χ2n) is 5.41. The summed E-state index contributed by atoms with van der Waals surface area (Å²) < 4.78 is 7.65. The monoisotopic (exact) mass is 302 g/mol. The summed E-state index contributed by atoms with van der Waals surface area (Å²) in [5, 5.41) is 0.935. The average molecular weight is 302 g/mol. The molecule has 0 aliphatic heterocycles. The van der Waals surface area contributed by atoms with E-state index in [1.807, 2.05) is 48.7 Å². The van der Waals surface area contributed by atoms with Crippen LogP contribution >= 0.6 is 0 Å². The normalized spacial score (nSPS) is 11.0. The Bertz CT molecular complexity index is 1050. The molecule has 4 heteroatoms. The molecule has 0 unspecified atom stereocenters. The minimum atomic E-state index is -0.0408. The van der Waals surface area contributed by atoms with Gasteiger partial charge < -0.3 is 8.98 Å². The molecule has 0 bridgehead atoms. The Morgan fingerprint density at radius 3 is 2.61 bits per heavy atom. The number of fused-ring (bicyclic) bond motifs is 1. The molecule has 0 atom stereocenters. The summed E-state index contributed by atoms with van der Waals surface area (Å²) in [7, 11) is 1.74. The van der Waals surface area contributed by atoms with Gasteiger partial charge in [0.2, 0.25) is 5.56 Å². The molecule has 4 aromatic rings. The summed E-state index contributed by atoms with van der Waals surface area (Å²) in [4.78, 5) is 15.9. The number of benzene rings is 1. The number of pyridine rings is 2. The van der Waals surface area contributed by atoms with Crippen LogP contribution in [0.4, 0.5) is 0 Å². The van der Waals surface area contributed by atoms with Crippen LogP contribution in [0.1, 0.15) is 0 Å². The summed E-state index contributed by atoms with van der Waals surface area (Å²) in [5.74, 6) is 0.784. The molecule has 0 saturated heterocycles. The lowest BCUT2D eigenvalue weighted by Crippen LogP contribution is -2.13. The molecule has 3 heterocycles. The van der Waals surface area contributed by atoms with E-state index in [1.54, 1.807) is 30.1 Å². The largest absolute Gasteiger partial charge is 0.455 e. The van der Waals surface area contributed by atoms with Crippen molar-refractivity contribution in [1.82, 2.24) is 9.55 Å². The summed E-state index contributed by atoms with van der Waals surface area (Å²) in [6.07, 6.45) is 5.34. The van der Waals surface area contributed by atoms with Crippen molar-refractivity contribution in [2.75, 3.05) is 0 Å². The van der Waals surface area contributed by atoms with E-state index in [9.17, 15) is 4.79 Å². The number of rotatable bonds is 2. The topological polar surface area (TPSA) is 48.0 Å². The van der Waals surface area contributed by atoms with Crippen molar-refractivity contribution in [3.63, 3.8) is 0 Å². The molecule has 0 radical (unpaired) electrons. The van der Waals surface area contributed by atoms with Crippen LogP contribution in [0.5, 0.6) is 0 Å². The van der Waals surface area contributed by atoms with Crippen LogP contribution in [-0.4, -0.2) is 9.55 Å². The van der Waals surface area contributed by atoms with Crippen LogP contribution in [0.2, 0.25) is 0 Å². The number of aromatic nitrogens is 2. The molecule has 0 aliphatic carbocycles. The first-order valence-electron chi connectivity index (χ1n) is 7.33. The lowest BCUT2D eigenvalue weighted by atomic mass is 10.0. The Morgan fingerprint density at radius 1 is 1.00 bits per heavy atom. The quantitative estimate of drug-likeness (QED) is 0.565. The molecule has 0 amide bonds. The van der Waals surface area contributed by atoms with Crippen molar-refractivity contribution < 1.29 is 4.42 Å². The van der Waals surface area contributed by atoms with Crippen molar-refractivity contribution in [2.24, 2.45) is 7.05 Å². The van der Waals surface area contributed by atoms with E-state index < -0.39 is 0 Å². The Balaban J connectivity index is 2.07. The second-order valence-corrected chi connectivity index (χ2v) is 5.41. The highest BCUT2D eigenvalue weighted by Crippen LogP contribution is 2.39. The van der Waals surface area contributed by atoms with Crippen LogP contribution in [0.15, 0.2) is 76.3 Å². The molecule has 23 heavy (non-hydrogen) atoms. The first kappa shape index (κ1) is 13.5. The predicted octanol–water partition coefficient (Wildman–Crippen LogP) is 3.86. The molecular weight excluding hydrogens is 288 g/mol. The fourth-order valence-corrected chi connectivity index (χ4v) is 2.76. The molecule has 1 aromatic carbocycles. The molecule has 0 spiro atoms. The van der Waals surface area contributed by atoms with Gasteiger partial charge in [-0.15, -0.1) is 0 Å². The number of nitrogens with zero attached hydrogens (tertiary/aromatic N) is 2. The molecule has 112 valence electrons. The number of furan rings is 1. The lowest BCUT2D eigenvalue weighted by Gasteiger charge is -2.05. The van der Waals surface area contributed by atoms with Gasteiger partial charge in [0.1, 0.15) is 11.3 Å². The third-order valence-corrected chi connectivity index (χ3v) is 3.90. The SMILES string of the molecule is Cn1cc(-c2c(-c3ccccc3)oc3ccncc23)ccc1=O. The molecule has 0 N–H and O–H groups in total. The fraction of sp³-hybridized carbons (Fsp3) is 0.0526. The Labute approximate surface area is 132 Å². The van der Waals surface area contributed by atoms with Crippen LogP contribution < -0.4 is 5.56 Å². The predicted molar refractivity (Wildman–Crippen MR) is 90.1 cm³/mol. The first-order valence-corrected chi connectivity index (χ1v) is 7.33. The summed E-state index contributed by atoms with van der Waals surface area (Å²) in [6.45, 7) is 0. The van der Waals surface area contributed by atoms with Crippen molar-refractivity contribution in [2.45, 2.75) is 0 Å². The fourth-order valence-electron chi connectivity index (χ4n) is 2.76. The molecule has 4 rings (SSSR count). The zero-order valence-corrected chi connectivity index (χ0v) is 12.6. The van der Waals surface area contributed by atoms with Crippen LogP contribution in [-0.2, 0) is 7.05 Å². The summed E-state index contributed by atoms with van der Waals surface area (Å²) in [6, 6.07) is 15.2. The maximum Gasteiger partial charge on any atom is 0.250 e.